The zero-order valence-electron chi connectivity index (χ0n) is 28.5. The Hall–Kier alpha value is -5.93. The molecule has 0 saturated carbocycles. The van der Waals surface area contributed by atoms with E-state index in [0.29, 0.717) is 67.1 Å². The first-order chi connectivity index (χ1) is 23.9. The average molecular weight is 691 g/mol. The van der Waals surface area contributed by atoms with Crippen LogP contribution >= 0.6 is 0 Å². The van der Waals surface area contributed by atoms with Gasteiger partial charge < -0.3 is 39.7 Å². The average Bonchev–Trinajstić information content (AvgIpc) is 3.82. The maximum atomic E-state index is 13.1. The van der Waals surface area contributed by atoms with Crippen LogP contribution in [0.3, 0.4) is 0 Å². The fourth-order valence-electron chi connectivity index (χ4n) is 5.21. The molecule has 4 N–H and O–H groups in total. The number of nitrogens with zero attached hydrogens (tertiary/aromatic N) is 4. The van der Waals surface area contributed by atoms with Crippen LogP contribution in [0.25, 0.3) is 0 Å². The van der Waals surface area contributed by atoms with E-state index in [1.54, 1.807) is 66.4 Å². The van der Waals surface area contributed by atoms with Gasteiger partial charge in [-0.15, -0.1) is 0 Å². The van der Waals surface area contributed by atoms with Gasteiger partial charge in [0.05, 0.1) is 23.7 Å². The number of esters is 1. The summed E-state index contributed by atoms with van der Waals surface area (Å²) in [6.45, 7) is 2.46. The first-order valence-electron chi connectivity index (χ1n) is 16.2. The van der Waals surface area contributed by atoms with Crippen molar-refractivity contribution in [2.24, 2.45) is 21.1 Å². The number of unbranched alkanes of at least 4 members (excludes halogenated alkanes) is 2. The van der Waals surface area contributed by atoms with Crippen LogP contribution in [0.4, 0.5) is 17.1 Å². The van der Waals surface area contributed by atoms with Crippen molar-refractivity contribution in [3.63, 3.8) is 0 Å². The van der Waals surface area contributed by atoms with Crippen LogP contribution in [0.15, 0.2) is 48.9 Å². The second-order valence-corrected chi connectivity index (χ2v) is 11.8. The first kappa shape index (κ1) is 36.9. The lowest BCUT2D eigenvalue weighted by atomic mass is 10.2. The summed E-state index contributed by atoms with van der Waals surface area (Å²) in [4.78, 5) is 86.7. The minimum absolute atomic E-state index is 0.137. The Balaban J connectivity index is 1.17. The molecule has 0 aromatic carbocycles. The predicted molar refractivity (Wildman–Crippen MR) is 183 cm³/mol. The molecule has 0 unspecified atom stereocenters. The number of amides is 6. The number of aryl methyl sites for hydroxylation is 3. The lowest BCUT2D eigenvalue weighted by Crippen LogP contribution is -2.30. The summed E-state index contributed by atoms with van der Waals surface area (Å²) >= 11 is 0. The van der Waals surface area contributed by atoms with E-state index in [2.05, 4.69) is 21.3 Å². The van der Waals surface area contributed by atoms with E-state index >= 15 is 0 Å². The highest BCUT2D eigenvalue weighted by atomic mass is 16.5. The molecule has 16 heteroatoms. The number of hydrogen-bond donors (Lipinski definition) is 4. The number of imide groups is 1. The molecule has 4 rings (SSSR count). The lowest BCUT2D eigenvalue weighted by Gasteiger charge is -2.13. The van der Waals surface area contributed by atoms with Gasteiger partial charge in [0, 0.05) is 77.8 Å². The van der Waals surface area contributed by atoms with Crippen LogP contribution in [0.2, 0.25) is 0 Å². The topological polar surface area (TPSA) is 195 Å². The van der Waals surface area contributed by atoms with Gasteiger partial charge in [0.15, 0.2) is 0 Å². The smallest absolute Gasteiger partial charge is 0.305 e. The van der Waals surface area contributed by atoms with Crippen molar-refractivity contribution in [3.8, 4) is 0 Å². The van der Waals surface area contributed by atoms with Gasteiger partial charge in [-0.05, 0) is 37.5 Å². The molecule has 3 aromatic heterocycles. The Kier molecular flexibility index (Phi) is 12.5. The summed E-state index contributed by atoms with van der Waals surface area (Å²) in [5.74, 6) is -2.40. The number of nitrogens with one attached hydrogen (secondary N) is 4. The minimum atomic E-state index is -0.454. The summed E-state index contributed by atoms with van der Waals surface area (Å²) < 4.78 is 9.95. The van der Waals surface area contributed by atoms with E-state index in [-0.39, 0.29) is 54.9 Å². The molecule has 4 heterocycles. The maximum absolute atomic E-state index is 13.1. The Morgan fingerprint density at radius 1 is 0.660 bits per heavy atom. The van der Waals surface area contributed by atoms with Crippen molar-refractivity contribution >= 4 is 58.5 Å². The molecular formula is C34H42N8O8. The van der Waals surface area contributed by atoms with Crippen LogP contribution in [-0.4, -0.2) is 79.7 Å². The molecule has 16 nitrogen and oxygen atoms in total. The van der Waals surface area contributed by atoms with Gasteiger partial charge >= 0.3 is 5.97 Å². The Labute approximate surface area is 288 Å². The summed E-state index contributed by atoms with van der Waals surface area (Å²) in [7, 11) is 5.02. The molecule has 3 aromatic rings. The van der Waals surface area contributed by atoms with Crippen molar-refractivity contribution in [1.29, 1.82) is 0 Å². The number of ether oxygens (including phenoxy) is 1. The molecule has 0 bridgehead atoms. The lowest BCUT2D eigenvalue weighted by molar-refractivity contribution is -0.144. The molecule has 0 spiro atoms. The summed E-state index contributed by atoms with van der Waals surface area (Å²) in [5.41, 5.74) is 2.18. The molecule has 1 aliphatic rings. The monoisotopic (exact) mass is 690 g/mol. The molecule has 6 amide bonds. The third kappa shape index (κ3) is 9.81. The highest BCUT2D eigenvalue weighted by Gasteiger charge is 2.22. The molecule has 0 saturated heterocycles. The van der Waals surface area contributed by atoms with Gasteiger partial charge in [0.1, 0.15) is 17.1 Å². The van der Waals surface area contributed by atoms with Crippen LogP contribution in [-0.2, 0) is 45.1 Å². The molecule has 1 aliphatic heterocycles. The number of carbonyl (C=O) groups is 7. The molecular weight excluding hydrogens is 648 g/mol. The highest BCUT2D eigenvalue weighted by Crippen LogP contribution is 2.20. The third-order valence-electron chi connectivity index (χ3n) is 7.87. The Morgan fingerprint density at radius 2 is 1.16 bits per heavy atom. The molecule has 0 fully saturated rings. The van der Waals surface area contributed by atoms with Gasteiger partial charge in [-0.3, -0.25) is 38.5 Å². The number of hydrogen-bond acceptors (Lipinski definition) is 8. The van der Waals surface area contributed by atoms with Crippen molar-refractivity contribution in [3.05, 3.63) is 66.0 Å². The molecule has 0 aliphatic carbocycles. The van der Waals surface area contributed by atoms with Crippen LogP contribution in [0, 0.1) is 0 Å². The molecule has 0 atom stereocenters. The minimum Gasteiger partial charge on any atom is -0.466 e. The van der Waals surface area contributed by atoms with Gasteiger partial charge in [-0.25, -0.2) is 0 Å². The summed E-state index contributed by atoms with van der Waals surface area (Å²) in [6, 6.07) is 4.63. The Morgan fingerprint density at radius 3 is 1.68 bits per heavy atom. The predicted octanol–water partition coefficient (Wildman–Crippen LogP) is 2.70. The van der Waals surface area contributed by atoms with Gasteiger partial charge in [0.2, 0.25) is 5.91 Å². The molecule has 0 radical (unpaired) electrons. The summed E-state index contributed by atoms with van der Waals surface area (Å²) in [5, 5.41) is 11.0. The quantitative estimate of drug-likeness (QED) is 0.0943. The number of rotatable bonds is 17. The third-order valence-corrected chi connectivity index (χ3v) is 7.87. The fourth-order valence-corrected chi connectivity index (χ4v) is 5.21. The van der Waals surface area contributed by atoms with Crippen LogP contribution < -0.4 is 21.3 Å². The zero-order chi connectivity index (χ0) is 36.4. The second kappa shape index (κ2) is 16.9. The highest BCUT2D eigenvalue weighted by molar-refractivity contribution is 6.13. The van der Waals surface area contributed by atoms with Crippen molar-refractivity contribution in [2.75, 3.05) is 35.6 Å². The number of aromatic nitrogens is 3. The standard InChI is InChI=1S/C34H42N8O8/c1-5-28(43)36-22-16-26(40(3)19-22)33(48)38-24-18-27(41(4)21-24)34(49)37-23-17-25(39(2)20-23)32(47)35-13-9-15-50-31(46)10-7-6-8-14-42-29(44)11-12-30(42)45/h11-12,16-21H,5-10,13-15H2,1-4H3,(H,35,47)(H,36,43)(H,37,49)(H,38,48). The van der Waals surface area contributed by atoms with E-state index in [9.17, 15) is 33.6 Å². The van der Waals surface area contributed by atoms with Crippen LogP contribution in [0.1, 0.15) is 76.9 Å². The fraction of sp³-hybridized carbons (Fsp3) is 0.382. The maximum Gasteiger partial charge on any atom is 0.305 e. The van der Waals surface area contributed by atoms with Crippen molar-refractivity contribution < 1.29 is 38.3 Å². The van der Waals surface area contributed by atoms with Gasteiger partial charge in [-0.1, -0.05) is 13.3 Å². The summed E-state index contributed by atoms with van der Waals surface area (Å²) in [6.07, 6.45) is 10.1. The molecule has 50 heavy (non-hydrogen) atoms. The second-order valence-electron chi connectivity index (χ2n) is 11.8. The number of anilines is 3. The first-order valence-corrected chi connectivity index (χ1v) is 16.2. The van der Waals surface area contributed by atoms with Crippen molar-refractivity contribution in [2.45, 2.75) is 45.4 Å². The number of carbonyl (C=O) groups excluding carboxylic acids is 7. The zero-order valence-corrected chi connectivity index (χ0v) is 28.5. The van der Waals surface area contributed by atoms with E-state index in [0.717, 1.165) is 0 Å². The largest absolute Gasteiger partial charge is 0.466 e. The van der Waals surface area contributed by atoms with Crippen molar-refractivity contribution in [1.82, 2.24) is 23.9 Å². The van der Waals surface area contributed by atoms with E-state index < -0.39 is 11.8 Å². The van der Waals surface area contributed by atoms with Crippen LogP contribution in [0.5, 0.6) is 0 Å². The SMILES string of the molecule is CCC(=O)Nc1cc(C(=O)Nc2cc(C(=O)Nc3cc(C(=O)NCCCOC(=O)CCCCCN4C(=O)C=CC4=O)n(C)c3)n(C)c2)n(C)c1. The van der Waals surface area contributed by atoms with E-state index in [4.69, 9.17) is 4.74 Å². The van der Waals surface area contributed by atoms with E-state index in [1.807, 2.05) is 0 Å². The van der Waals surface area contributed by atoms with Gasteiger partial charge in [0.25, 0.3) is 29.5 Å². The van der Waals surface area contributed by atoms with Gasteiger partial charge in [-0.2, -0.15) is 0 Å². The van der Waals surface area contributed by atoms with E-state index in [1.165, 1.54) is 29.2 Å². The molecule has 266 valence electrons. The Bertz CT molecular complexity index is 1800. The normalized spacial score (nSPS) is 12.3.